The van der Waals surface area contributed by atoms with Crippen molar-refractivity contribution >= 4 is 0 Å². The summed E-state index contributed by atoms with van der Waals surface area (Å²) >= 11 is 0. The van der Waals surface area contributed by atoms with Gasteiger partial charge in [-0.3, -0.25) is 4.79 Å². The van der Waals surface area contributed by atoms with Gasteiger partial charge in [0.25, 0.3) is 0 Å². The molecule has 0 radical (unpaired) electrons. The Morgan fingerprint density at radius 2 is 1.92 bits per heavy atom. The fourth-order valence-electron chi connectivity index (χ4n) is 3.09. The summed E-state index contributed by atoms with van der Waals surface area (Å²) in [7, 11) is 0. The lowest BCUT2D eigenvalue weighted by molar-refractivity contribution is 0.0619. The van der Waals surface area contributed by atoms with Gasteiger partial charge in [-0.15, -0.1) is 0 Å². The summed E-state index contributed by atoms with van der Waals surface area (Å²) < 4.78 is 5.86. The van der Waals surface area contributed by atoms with Crippen LogP contribution in [0.25, 0.3) is 11.1 Å². The number of β-amino-alcohol motifs (C(OH)–C–C–N with tert-alkyl or cyclic N) is 1. The molecule has 2 heterocycles. The van der Waals surface area contributed by atoms with Crippen molar-refractivity contribution < 1.29 is 9.84 Å². The highest BCUT2D eigenvalue weighted by Crippen LogP contribution is 2.28. The highest BCUT2D eigenvalue weighted by Gasteiger charge is 2.15. The minimum absolute atomic E-state index is 0.130. The number of benzene rings is 1. The fraction of sp³-hybridized carbons (Fsp3) is 0.421. The van der Waals surface area contributed by atoms with Crippen LogP contribution in [0.1, 0.15) is 19.3 Å². The number of hydrogen-bond donors (Lipinski definition) is 2. The van der Waals surface area contributed by atoms with Crippen LogP contribution in [0.2, 0.25) is 0 Å². The zero-order valence-electron chi connectivity index (χ0n) is 13.8. The van der Waals surface area contributed by atoms with E-state index in [1.165, 1.54) is 25.3 Å². The van der Waals surface area contributed by atoms with Crippen LogP contribution in [-0.2, 0) is 0 Å². The first-order chi connectivity index (χ1) is 11.7. The number of para-hydroxylation sites is 1. The molecule has 5 nitrogen and oxygen atoms in total. The van der Waals surface area contributed by atoms with Crippen molar-refractivity contribution in [1.82, 2.24) is 9.88 Å². The van der Waals surface area contributed by atoms with Gasteiger partial charge < -0.3 is 19.7 Å². The monoisotopic (exact) mass is 328 g/mol. The highest BCUT2D eigenvalue weighted by molar-refractivity contribution is 5.69. The van der Waals surface area contributed by atoms with Crippen molar-refractivity contribution in [3.05, 3.63) is 52.9 Å². The first-order valence-electron chi connectivity index (χ1n) is 8.54. The number of aliphatic hydroxyl groups excluding tert-OH is 1. The molecule has 2 N–H and O–H groups in total. The Balaban J connectivity index is 1.62. The third kappa shape index (κ3) is 4.46. The lowest BCUT2D eigenvalue weighted by atomic mass is 10.1. The largest absolute Gasteiger partial charge is 0.490 e. The summed E-state index contributed by atoms with van der Waals surface area (Å²) in [6.07, 6.45) is 4.88. The molecule has 0 spiro atoms. The Hall–Kier alpha value is -2.11. The first kappa shape index (κ1) is 16.7. The van der Waals surface area contributed by atoms with Crippen LogP contribution in [-0.4, -0.2) is 47.3 Å². The molecule has 5 heteroatoms. The molecule has 1 saturated heterocycles. The molecule has 0 bridgehead atoms. The van der Waals surface area contributed by atoms with Crippen LogP contribution in [0.15, 0.2) is 47.4 Å². The van der Waals surface area contributed by atoms with E-state index in [4.69, 9.17) is 4.74 Å². The second-order valence-electron chi connectivity index (χ2n) is 6.26. The number of ether oxygens (including phenoxy) is 1. The molecule has 1 atom stereocenters. The molecule has 24 heavy (non-hydrogen) atoms. The van der Waals surface area contributed by atoms with E-state index in [0.717, 1.165) is 24.2 Å². The van der Waals surface area contributed by atoms with Crippen molar-refractivity contribution in [2.45, 2.75) is 25.4 Å². The Morgan fingerprint density at radius 1 is 1.12 bits per heavy atom. The Morgan fingerprint density at radius 3 is 2.67 bits per heavy atom. The number of aromatic amines is 1. The van der Waals surface area contributed by atoms with Crippen molar-refractivity contribution in [3.63, 3.8) is 0 Å². The minimum Gasteiger partial charge on any atom is -0.490 e. The number of piperidine rings is 1. The molecule has 3 rings (SSSR count). The predicted octanol–water partition coefficient (Wildman–Crippen LogP) is 2.27. The van der Waals surface area contributed by atoms with Crippen LogP contribution in [0.5, 0.6) is 5.75 Å². The number of nitrogens with one attached hydrogen (secondary N) is 1. The molecule has 1 aromatic heterocycles. The zero-order valence-corrected chi connectivity index (χ0v) is 13.8. The lowest BCUT2D eigenvalue weighted by Gasteiger charge is -2.28. The first-order valence-corrected chi connectivity index (χ1v) is 8.54. The van der Waals surface area contributed by atoms with Crippen LogP contribution in [0.3, 0.4) is 0 Å². The van der Waals surface area contributed by atoms with Gasteiger partial charge in [0.15, 0.2) is 0 Å². The average Bonchev–Trinajstić information content (AvgIpc) is 2.62. The van der Waals surface area contributed by atoms with Gasteiger partial charge in [0.1, 0.15) is 18.5 Å². The predicted molar refractivity (Wildman–Crippen MR) is 94.3 cm³/mol. The van der Waals surface area contributed by atoms with Crippen LogP contribution in [0, 0.1) is 0 Å². The van der Waals surface area contributed by atoms with E-state index in [9.17, 15) is 9.90 Å². The molecule has 0 aliphatic carbocycles. The maximum atomic E-state index is 11.2. The number of nitrogens with zero attached hydrogens (tertiary/aromatic N) is 1. The third-order valence-electron chi connectivity index (χ3n) is 4.33. The van der Waals surface area contributed by atoms with E-state index in [0.29, 0.717) is 12.3 Å². The fourth-order valence-corrected chi connectivity index (χ4v) is 3.09. The standard InChI is InChI=1S/C19H24N2O3/c22-16(13-21-10-4-1-5-11-21)14-24-18-7-3-2-6-17(18)15-8-9-19(23)20-12-15/h2-3,6-9,12,16,22H,1,4-5,10-11,13-14H2,(H,20,23). The third-order valence-corrected chi connectivity index (χ3v) is 4.33. The zero-order chi connectivity index (χ0) is 16.8. The summed E-state index contributed by atoms with van der Waals surface area (Å²) in [5, 5.41) is 10.2. The molecular formula is C19H24N2O3. The van der Waals surface area contributed by atoms with Crippen LogP contribution >= 0.6 is 0 Å². The number of rotatable bonds is 6. The van der Waals surface area contributed by atoms with Gasteiger partial charge in [-0.25, -0.2) is 0 Å². The summed E-state index contributed by atoms with van der Waals surface area (Å²) in [6, 6.07) is 10.9. The average molecular weight is 328 g/mol. The van der Waals surface area contributed by atoms with Gasteiger partial charge in [0.05, 0.1) is 0 Å². The van der Waals surface area contributed by atoms with Gasteiger partial charge in [-0.05, 0) is 38.1 Å². The van der Waals surface area contributed by atoms with E-state index < -0.39 is 6.10 Å². The maximum Gasteiger partial charge on any atom is 0.247 e. The van der Waals surface area contributed by atoms with E-state index in [-0.39, 0.29) is 12.2 Å². The number of aromatic nitrogens is 1. The molecule has 2 aromatic rings. The van der Waals surface area contributed by atoms with Crippen molar-refractivity contribution in [1.29, 1.82) is 0 Å². The van der Waals surface area contributed by atoms with Gasteiger partial charge >= 0.3 is 0 Å². The molecule has 0 saturated carbocycles. The Labute approximate surface area is 141 Å². The highest BCUT2D eigenvalue weighted by atomic mass is 16.5. The topological polar surface area (TPSA) is 65.6 Å². The molecule has 1 aliphatic rings. The molecule has 1 aromatic carbocycles. The van der Waals surface area contributed by atoms with Crippen LogP contribution < -0.4 is 10.3 Å². The smallest absolute Gasteiger partial charge is 0.247 e. The summed E-state index contributed by atoms with van der Waals surface area (Å²) in [5.74, 6) is 0.710. The number of likely N-dealkylation sites (tertiary alicyclic amines) is 1. The van der Waals surface area contributed by atoms with Crippen molar-refractivity contribution in [2.24, 2.45) is 0 Å². The summed E-state index contributed by atoms with van der Waals surface area (Å²) in [4.78, 5) is 16.2. The summed E-state index contributed by atoms with van der Waals surface area (Å²) in [6.45, 7) is 3.04. The van der Waals surface area contributed by atoms with E-state index >= 15 is 0 Å². The number of aliphatic hydroxyl groups is 1. The number of pyridine rings is 1. The van der Waals surface area contributed by atoms with E-state index in [1.54, 1.807) is 12.3 Å². The SMILES string of the molecule is O=c1ccc(-c2ccccc2OCC(O)CN2CCCCC2)c[nH]1. The molecule has 0 amide bonds. The molecule has 1 unspecified atom stereocenters. The molecular weight excluding hydrogens is 304 g/mol. The van der Waals surface area contributed by atoms with Crippen molar-refractivity contribution in [2.75, 3.05) is 26.2 Å². The summed E-state index contributed by atoms with van der Waals surface area (Å²) in [5.41, 5.74) is 1.66. The number of H-pyrrole nitrogens is 1. The van der Waals surface area contributed by atoms with Gasteiger partial charge in [0, 0.05) is 29.9 Å². The van der Waals surface area contributed by atoms with Crippen LogP contribution in [0.4, 0.5) is 0 Å². The molecule has 128 valence electrons. The number of hydrogen-bond acceptors (Lipinski definition) is 4. The Bertz CT molecular complexity index is 687. The normalized spacial score (nSPS) is 16.7. The Kier molecular flexibility index (Phi) is 5.67. The van der Waals surface area contributed by atoms with Crippen molar-refractivity contribution in [3.8, 4) is 16.9 Å². The second kappa shape index (κ2) is 8.13. The van der Waals surface area contributed by atoms with Gasteiger partial charge in [0.2, 0.25) is 5.56 Å². The second-order valence-corrected chi connectivity index (χ2v) is 6.26. The maximum absolute atomic E-state index is 11.2. The minimum atomic E-state index is -0.508. The quantitative estimate of drug-likeness (QED) is 0.854. The van der Waals surface area contributed by atoms with E-state index in [2.05, 4.69) is 9.88 Å². The molecule has 1 aliphatic heterocycles. The molecule has 1 fully saturated rings. The van der Waals surface area contributed by atoms with Gasteiger partial charge in [-0.1, -0.05) is 24.6 Å². The van der Waals surface area contributed by atoms with Gasteiger partial charge in [-0.2, -0.15) is 0 Å². The lowest BCUT2D eigenvalue weighted by Crippen LogP contribution is -2.38. The van der Waals surface area contributed by atoms with E-state index in [1.807, 2.05) is 24.3 Å².